The standard InChI is InChI=1S/C20H24N2O11/c1-10(23)21-17-19(31-13(4)26)18(30-12(3)25)16(9-29-11(2)24)33-20(17)32-15-7-5-14(6-8-15)22(27)28/h5-8,16-20H,9H2,1-4H3,(H,21,23)/t16-,17+,18-,19-,20-/m1/s1. The second-order valence-electron chi connectivity index (χ2n) is 7.09. The first-order valence-corrected chi connectivity index (χ1v) is 9.79. The van der Waals surface area contributed by atoms with E-state index in [1.165, 1.54) is 31.2 Å². The highest BCUT2D eigenvalue weighted by Gasteiger charge is 2.51. The topological polar surface area (TPSA) is 170 Å². The Balaban J connectivity index is 2.43. The SMILES string of the molecule is CC(=O)N[C@@H]1[C@H](Oc2ccc([N+](=O)[O-])cc2)O[C@H](COC(C)=O)[C@@H](OC(C)=O)[C@@H]1OC(C)=O. The van der Waals surface area contributed by atoms with Gasteiger partial charge in [-0.3, -0.25) is 29.3 Å². The van der Waals surface area contributed by atoms with Crippen molar-refractivity contribution in [3.05, 3.63) is 34.4 Å². The van der Waals surface area contributed by atoms with E-state index in [0.29, 0.717) is 0 Å². The zero-order valence-electron chi connectivity index (χ0n) is 18.3. The Bertz CT molecular complexity index is 902. The normalized spacial score (nSPS) is 24.2. The molecule has 1 N–H and O–H groups in total. The van der Waals surface area contributed by atoms with Crippen LogP contribution in [0.5, 0.6) is 5.75 Å². The Morgan fingerprint density at radius 2 is 1.55 bits per heavy atom. The fourth-order valence-corrected chi connectivity index (χ4v) is 3.17. The van der Waals surface area contributed by atoms with Crippen molar-refractivity contribution >= 4 is 29.5 Å². The summed E-state index contributed by atoms with van der Waals surface area (Å²) in [4.78, 5) is 57.0. The molecule has 5 atom stereocenters. The molecule has 1 saturated heterocycles. The van der Waals surface area contributed by atoms with Gasteiger partial charge < -0.3 is 29.0 Å². The molecule has 1 amide bonds. The zero-order chi connectivity index (χ0) is 24.7. The molecule has 13 heteroatoms. The number of nitro groups is 1. The maximum atomic E-state index is 11.9. The van der Waals surface area contributed by atoms with Gasteiger partial charge >= 0.3 is 17.9 Å². The van der Waals surface area contributed by atoms with E-state index in [4.69, 9.17) is 23.7 Å². The maximum Gasteiger partial charge on any atom is 0.303 e. The molecule has 180 valence electrons. The lowest BCUT2D eigenvalue weighted by molar-refractivity contribution is -0.384. The van der Waals surface area contributed by atoms with Gasteiger partial charge in [0.05, 0.1) is 4.92 Å². The molecule has 33 heavy (non-hydrogen) atoms. The molecule has 2 rings (SSSR count). The van der Waals surface area contributed by atoms with Crippen LogP contribution in [0.3, 0.4) is 0 Å². The van der Waals surface area contributed by atoms with E-state index in [1.807, 2.05) is 0 Å². The van der Waals surface area contributed by atoms with Crippen molar-refractivity contribution in [1.29, 1.82) is 0 Å². The molecule has 1 fully saturated rings. The molecule has 1 aliphatic rings. The Morgan fingerprint density at radius 3 is 2.03 bits per heavy atom. The van der Waals surface area contributed by atoms with E-state index >= 15 is 0 Å². The van der Waals surface area contributed by atoms with Crippen molar-refractivity contribution < 1.29 is 47.8 Å². The number of benzene rings is 1. The molecule has 1 heterocycles. The maximum absolute atomic E-state index is 11.9. The highest BCUT2D eigenvalue weighted by atomic mass is 16.7. The molecule has 0 saturated carbocycles. The van der Waals surface area contributed by atoms with Crippen molar-refractivity contribution in [2.45, 2.75) is 58.3 Å². The van der Waals surface area contributed by atoms with Gasteiger partial charge in [0.25, 0.3) is 5.69 Å². The predicted molar refractivity (Wildman–Crippen MR) is 108 cm³/mol. The average molecular weight is 468 g/mol. The summed E-state index contributed by atoms with van der Waals surface area (Å²) >= 11 is 0. The van der Waals surface area contributed by atoms with Crippen molar-refractivity contribution in [2.75, 3.05) is 6.61 Å². The van der Waals surface area contributed by atoms with Crippen LogP contribution in [0, 0.1) is 10.1 Å². The number of nitro benzene ring substituents is 1. The smallest absolute Gasteiger partial charge is 0.303 e. The summed E-state index contributed by atoms with van der Waals surface area (Å²) in [7, 11) is 0. The van der Waals surface area contributed by atoms with Gasteiger partial charge in [-0.05, 0) is 12.1 Å². The largest absolute Gasteiger partial charge is 0.463 e. The van der Waals surface area contributed by atoms with Crippen LogP contribution in [0.1, 0.15) is 27.7 Å². The van der Waals surface area contributed by atoms with Crippen molar-refractivity contribution in [2.24, 2.45) is 0 Å². The molecule has 0 aliphatic carbocycles. The van der Waals surface area contributed by atoms with Gasteiger partial charge in [0.1, 0.15) is 24.5 Å². The minimum atomic E-state index is -1.31. The molecule has 0 radical (unpaired) electrons. The number of hydrogen-bond donors (Lipinski definition) is 1. The molecule has 1 aliphatic heterocycles. The number of carbonyl (C=O) groups excluding carboxylic acids is 4. The quantitative estimate of drug-likeness (QED) is 0.246. The monoisotopic (exact) mass is 468 g/mol. The van der Waals surface area contributed by atoms with E-state index in [-0.39, 0.29) is 18.0 Å². The molecule has 0 spiro atoms. The highest BCUT2D eigenvalue weighted by molar-refractivity contribution is 5.73. The van der Waals surface area contributed by atoms with E-state index in [2.05, 4.69) is 5.32 Å². The molecule has 0 unspecified atom stereocenters. The lowest BCUT2D eigenvalue weighted by atomic mass is 9.96. The second kappa shape index (κ2) is 11.2. The fourth-order valence-electron chi connectivity index (χ4n) is 3.17. The van der Waals surface area contributed by atoms with Crippen molar-refractivity contribution in [3.8, 4) is 5.75 Å². The van der Waals surface area contributed by atoms with Gasteiger partial charge in [-0.1, -0.05) is 0 Å². The Morgan fingerprint density at radius 1 is 0.970 bits per heavy atom. The van der Waals surface area contributed by atoms with E-state index in [1.54, 1.807) is 0 Å². The van der Waals surface area contributed by atoms with Crippen LogP contribution < -0.4 is 10.1 Å². The van der Waals surface area contributed by atoms with Crippen LogP contribution in [-0.2, 0) is 38.1 Å². The number of esters is 3. The number of amides is 1. The number of rotatable bonds is 8. The Labute approximate surface area is 188 Å². The predicted octanol–water partition coefficient (Wildman–Crippen LogP) is 0.630. The third-order valence-corrected chi connectivity index (χ3v) is 4.37. The van der Waals surface area contributed by atoms with E-state index in [0.717, 1.165) is 20.8 Å². The van der Waals surface area contributed by atoms with Gasteiger partial charge in [0.15, 0.2) is 12.2 Å². The molecule has 0 aromatic heterocycles. The summed E-state index contributed by atoms with van der Waals surface area (Å²) in [6.07, 6.45) is -4.96. The van der Waals surface area contributed by atoms with Crippen LogP contribution in [0.4, 0.5) is 5.69 Å². The fraction of sp³-hybridized carbons (Fsp3) is 0.500. The Hall–Kier alpha value is -3.74. The van der Waals surface area contributed by atoms with Gasteiger partial charge in [-0.25, -0.2) is 0 Å². The number of carbonyl (C=O) groups is 4. The summed E-state index contributed by atoms with van der Waals surface area (Å²) < 4.78 is 27.2. The number of ether oxygens (including phenoxy) is 5. The number of nitrogens with one attached hydrogen (secondary N) is 1. The Kier molecular flexibility index (Phi) is 8.68. The molecule has 1 aromatic carbocycles. The van der Waals surface area contributed by atoms with Crippen LogP contribution in [-0.4, -0.2) is 66.0 Å². The molecule has 1 aromatic rings. The summed E-state index contributed by atoms with van der Waals surface area (Å²) in [6.45, 7) is 4.24. The van der Waals surface area contributed by atoms with Crippen LogP contribution in [0.2, 0.25) is 0 Å². The minimum absolute atomic E-state index is 0.139. The van der Waals surface area contributed by atoms with Gasteiger partial charge in [0, 0.05) is 39.8 Å². The zero-order valence-corrected chi connectivity index (χ0v) is 18.3. The third kappa shape index (κ3) is 7.42. The van der Waals surface area contributed by atoms with Gasteiger partial charge in [-0.2, -0.15) is 0 Å². The first-order valence-electron chi connectivity index (χ1n) is 9.79. The number of nitrogens with zero attached hydrogens (tertiary/aromatic N) is 1. The molecular formula is C20H24N2O11. The van der Waals surface area contributed by atoms with Gasteiger partial charge in [-0.15, -0.1) is 0 Å². The molecule has 0 bridgehead atoms. The van der Waals surface area contributed by atoms with Crippen LogP contribution >= 0.6 is 0 Å². The first kappa shape index (κ1) is 25.5. The van der Waals surface area contributed by atoms with E-state index < -0.39 is 59.4 Å². The lowest BCUT2D eigenvalue weighted by Gasteiger charge is -2.44. The van der Waals surface area contributed by atoms with Crippen LogP contribution in [0.25, 0.3) is 0 Å². The van der Waals surface area contributed by atoms with E-state index in [9.17, 15) is 29.3 Å². The van der Waals surface area contributed by atoms with Crippen molar-refractivity contribution in [3.63, 3.8) is 0 Å². The highest BCUT2D eigenvalue weighted by Crippen LogP contribution is 2.29. The number of hydrogen-bond acceptors (Lipinski definition) is 11. The lowest BCUT2D eigenvalue weighted by Crippen LogP contribution is -2.67. The molecule has 13 nitrogen and oxygen atoms in total. The number of non-ortho nitro benzene ring substituents is 1. The summed E-state index contributed by atoms with van der Waals surface area (Å²) in [5, 5.41) is 13.4. The van der Waals surface area contributed by atoms with Crippen molar-refractivity contribution in [1.82, 2.24) is 5.32 Å². The summed E-state index contributed by atoms with van der Waals surface area (Å²) in [6, 6.07) is 3.87. The van der Waals surface area contributed by atoms with Gasteiger partial charge in [0.2, 0.25) is 12.2 Å². The summed E-state index contributed by atoms with van der Waals surface area (Å²) in [5.41, 5.74) is -0.175. The third-order valence-electron chi connectivity index (χ3n) is 4.37. The summed E-state index contributed by atoms with van der Waals surface area (Å²) in [5.74, 6) is -2.50. The van der Waals surface area contributed by atoms with Crippen LogP contribution in [0.15, 0.2) is 24.3 Å². The first-order chi connectivity index (χ1) is 15.5. The minimum Gasteiger partial charge on any atom is -0.463 e. The average Bonchev–Trinajstić information content (AvgIpc) is 2.70. The molecular weight excluding hydrogens is 444 g/mol. The second-order valence-corrected chi connectivity index (χ2v) is 7.09.